The molecule has 0 saturated heterocycles. The van der Waals surface area contributed by atoms with Crippen LogP contribution in [0.1, 0.15) is 0 Å². The van der Waals surface area contributed by atoms with Gasteiger partial charge in [0.1, 0.15) is 0 Å². The number of hydrogen-bond donors (Lipinski definition) is 0. The van der Waals surface area contributed by atoms with Crippen LogP contribution < -0.4 is 0 Å². The largest absolute Gasteiger partial charge is 0.307 e. The molecule has 46 heavy (non-hydrogen) atoms. The summed E-state index contributed by atoms with van der Waals surface area (Å²) in [6.45, 7) is 0. The van der Waals surface area contributed by atoms with E-state index in [0.717, 1.165) is 5.69 Å². The first-order valence-electron chi connectivity index (χ1n) is 15.9. The lowest BCUT2D eigenvalue weighted by Gasteiger charge is -2.14. The van der Waals surface area contributed by atoms with E-state index in [1.54, 1.807) is 0 Å². The van der Waals surface area contributed by atoms with Crippen molar-refractivity contribution in [3.05, 3.63) is 170 Å². The molecular weight excluding hydrogens is 556 g/mol. The van der Waals surface area contributed by atoms with Crippen LogP contribution in [0.3, 0.4) is 0 Å². The molecule has 214 valence electrons. The molecule has 0 aliphatic carbocycles. The van der Waals surface area contributed by atoms with Crippen molar-refractivity contribution in [1.29, 1.82) is 0 Å². The highest BCUT2D eigenvalue weighted by Gasteiger charge is 2.21. The van der Waals surface area contributed by atoms with Gasteiger partial charge in [0.05, 0.1) is 22.1 Å². The van der Waals surface area contributed by atoms with Crippen molar-refractivity contribution in [3.63, 3.8) is 0 Å². The Balaban J connectivity index is 1.34. The molecule has 0 unspecified atom stereocenters. The first-order chi connectivity index (χ1) is 22.8. The molecule has 2 aromatic heterocycles. The highest BCUT2D eigenvalue weighted by atomic mass is 15.0. The second-order valence-electron chi connectivity index (χ2n) is 12.2. The van der Waals surface area contributed by atoms with Gasteiger partial charge in [-0.1, -0.05) is 127 Å². The summed E-state index contributed by atoms with van der Waals surface area (Å²) in [6, 6.07) is 62.1. The average Bonchev–Trinajstić information content (AvgIpc) is 3.64. The Bertz CT molecular complexity index is 2800. The normalized spacial score (nSPS) is 11.9. The zero-order valence-corrected chi connectivity index (χ0v) is 25.1. The van der Waals surface area contributed by atoms with E-state index in [9.17, 15) is 0 Å². The Labute approximate surface area is 266 Å². The topological polar surface area (TPSA) is 9.86 Å². The van der Waals surface area contributed by atoms with Crippen LogP contribution in [0.4, 0.5) is 0 Å². The summed E-state index contributed by atoms with van der Waals surface area (Å²) < 4.78 is 4.96. The lowest BCUT2D eigenvalue weighted by Crippen LogP contribution is -1.99. The fourth-order valence-electron chi connectivity index (χ4n) is 7.54. The molecule has 0 spiro atoms. The summed E-state index contributed by atoms with van der Waals surface area (Å²) in [4.78, 5) is 0. The molecule has 0 amide bonds. The van der Waals surface area contributed by atoms with Gasteiger partial charge in [0.15, 0.2) is 0 Å². The third-order valence-corrected chi connectivity index (χ3v) is 9.65. The number of benzene rings is 8. The Morgan fingerprint density at radius 3 is 1.43 bits per heavy atom. The average molecular weight is 585 g/mol. The van der Waals surface area contributed by atoms with Gasteiger partial charge in [0.25, 0.3) is 0 Å². The molecule has 8 aromatic carbocycles. The van der Waals surface area contributed by atoms with Gasteiger partial charge < -0.3 is 9.13 Å². The van der Waals surface area contributed by atoms with E-state index >= 15 is 0 Å². The number of nitrogens with zero attached hydrogens (tertiary/aromatic N) is 2. The van der Waals surface area contributed by atoms with Gasteiger partial charge in [-0.2, -0.15) is 0 Å². The second kappa shape index (κ2) is 9.69. The molecular formula is C44H28N2. The van der Waals surface area contributed by atoms with Crippen LogP contribution in [-0.2, 0) is 0 Å². The van der Waals surface area contributed by atoms with E-state index < -0.39 is 0 Å². The zero-order chi connectivity index (χ0) is 30.2. The molecule has 0 atom stereocenters. The summed E-state index contributed by atoms with van der Waals surface area (Å²) in [5.74, 6) is 0. The molecule has 0 bridgehead atoms. The zero-order valence-electron chi connectivity index (χ0n) is 25.1. The van der Waals surface area contributed by atoms with E-state index in [1.807, 2.05) is 0 Å². The van der Waals surface area contributed by atoms with E-state index in [2.05, 4.69) is 179 Å². The van der Waals surface area contributed by atoms with Gasteiger partial charge >= 0.3 is 0 Å². The summed E-state index contributed by atoms with van der Waals surface area (Å²) in [6.07, 6.45) is 0. The predicted molar refractivity (Wildman–Crippen MR) is 196 cm³/mol. The fraction of sp³-hybridized carbons (Fsp3) is 0. The van der Waals surface area contributed by atoms with Crippen LogP contribution >= 0.6 is 0 Å². The molecule has 0 saturated carbocycles. The van der Waals surface area contributed by atoms with Crippen LogP contribution in [0.25, 0.3) is 87.7 Å². The van der Waals surface area contributed by atoms with Crippen molar-refractivity contribution >= 4 is 65.2 Å². The van der Waals surface area contributed by atoms with Crippen molar-refractivity contribution in [3.8, 4) is 22.5 Å². The van der Waals surface area contributed by atoms with Gasteiger partial charge in [-0.25, -0.2) is 0 Å². The maximum Gasteiger partial charge on any atom is 0.0788 e. The molecule has 2 nitrogen and oxygen atoms in total. The number of hydrogen-bond acceptors (Lipinski definition) is 0. The van der Waals surface area contributed by atoms with Gasteiger partial charge in [0, 0.05) is 32.9 Å². The fourth-order valence-corrected chi connectivity index (χ4v) is 7.54. The molecule has 0 aliphatic heterocycles. The van der Waals surface area contributed by atoms with E-state index in [0.29, 0.717) is 0 Å². The molecule has 0 fully saturated rings. The van der Waals surface area contributed by atoms with Crippen LogP contribution in [0.5, 0.6) is 0 Å². The number of fused-ring (bicyclic) bond motifs is 9. The summed E-state index contributed by atoms with van der Waals surface area (Å²) in [5.41, 5.74) is 9.65. The van der Waals surface area contributed by atoms with Gasteiger partial charge in [-0.3, -0.25) is 0 Å². The van der Waals surface area contributed by atoms with Crippen molar-refractivity contribution in [2.75, 3.05) is 0 Å². The van der Waals surface area contributed by atoms with E-state index in [-0.39, 0.29) is 0 Å². The molecule has 2 heteroatoms. The second-order valence-corrected chi connectivity index (χ2v) is 12.2. The number of para-hydroxylation sites is 2. The van der Waals surface area contributed by atoms with Crippen LogP contribution in [-0.4, -0.2) is 9.13 Å². The predicted octanol–water partition coefficient (Wildman–Crippen LogP) is 11.9. The van der Waals surface area contributed by atoms with Gasteiger partial charge in [0.2, 0.25) is 0 Å². The third-order valence-electron chi connectivity index (χ3n) is 9.65. The van der Waals surface area contributed by atoms with E-state index in [4.69, 9.17) is 0 Å². The Morgan fingerprint density at radius 1 is 0.283 bits per heavy atom. The third kappa shape index (κ3) is 3.65. The van der Waals surface area contributed by atoms with Gasteiger partial charge in [-0.05, 0) is 75.1 Å². The first kappa shape index (κ1) is 25.2. The van der Waals surface area contributed by atoms with Crippen molar-refractivity contribution in [2.45, 2.75) is 0 Å². The van der Waals surface area contributed by atoms with Crippen LogP contribution in [0.15, 0.2) is 170 Å². The highest BCUT2D eigenvalue weighted by molar-refractivity contribution is 6.24. The summed E-state index contributed by atoms with van der Waals surface area (Å²) in [7, 11) is 0. The minimum atomic E-state index is 1.16. The maximum atomic E-state index is 2.48. The Kier molecular flexibility index (Phi) is 5.31. The molecule has 10 rings (SSSR count). The minimum absolute atomic E-state index is 1.16. The minimum Gasteiger partial charge on any atom is -0.307 e. The first-order valence-corrected chi connectivity index (χ1v) is 15.9. The molecule has 0 N–H and O–H groups in total. The maximum absolute atomic E-state index is 2.48. The van der Waals surface area contributed by atoms with Crippen LogP contribution in [0.2, 0.25) is 0 Å². The van der Waals surface area contributed by atoms with Gasteiger partial charge in [-0.15, -0.1) is 0 Å². The Morgan fingerprint density at radius 2 is 0.783 bits per heavy atom. The molecule has 2 heterocycles. The summed E-state index contributed by atoms with van der Waals surface area (Å²) in [5, 5.41) is 9.98. The van der Waals surface area contributed by atoms with E-state index in [1.165, 1.54) is 82.0 Å². The summed E-state index contributed by atoms with van der Waals surface area (Å²) >= 11 is 0. The monoisotopic (exact) mass is 584 g/mol. The molecule has 10 aromatic rings. The van der Waals surface area contributed by atoms with Crippen molar-refractivity contribution in [2.24, 2.45) is 0 Å². The van der Waals surface area contributed by atoms with Crippen molar-refractivity contribution < 1.29 is 0 Å². The number of rotatable bonds is 3. The smallest absolute Gasteiger partial charge is 0.0788 e. The van der Waals surface area contributed by atoms with Crippen LogP contribution in [0, 0.1) is 0 Å². The lowest BCUT2D eigenvalue weighted by molar-refractivity contribution is 1.15. The molecule has 0 radical (unpaired) electrons. The SMILES string of the molecule is c1ccc(-c2ccc3ccc(-n4c5ccccc5c5ccc6c7ccccc7n(-c7ccc8ccccc8c7)c6c54)cc3c2)cc1. The quantitative estimate of drug-likeness (QED) is 0.195. The number of aromatic nitrogens is 2. The molecule has 0 aliphatic rings. The highest BCUT2D eigenvalue weighted by Crippen LogP contribution is 2.42. The van der Waals surface area contributed by atoms with Crippen molar-refractivity contribution in [1.82, 2.24) is 9.13 Å². The lowest BCUT2D eigenvalue weighted by atomic mass is 10.0. The Hall–Kier alpha value is -6.12. The standard InChI is InChI=1S/C44H28N2/c1-2-10-29(11-3-1)33-19-18-31-21-23-36(28-34(31)26-33)46-42-17-9-7-15-38(42)40-25-24-39-37-14-6-8-16-41(37)45(43(39)44(40)46)35-22-20-30-12-4-5-13-32(30)27-35/h1-28H.